The number of rotatable bonds is 5. The van der Waals surface area contributed by atoms with E-state index >= 15 is 0 Å². The van der Waals surface area contributed by atoms with Crippen LogP contribution in [0.4, 0.5) is 17.5 Å². The van der Waals surface area contributed by atoms with Crippen LogP contribution in [-0.2, 0) is 6.54 Å². The Kier molecular flexibility index (Phi) is 4.23. The van der Waals surface area contributed by atoms with E-state index in [2.05, 4.69) is 56.9 Å². The van der Waals surface area contributed by atoms with Crippen LogP contribution in [0.1, 0.15) is 22.7 Å². The molecular formula is C17H19N5O. The highest BCUT2D eigenvalue weighted by Gasteiger charge is 2.05. The van der Waals surface area contributed by atoms with Gasteiger partial charge in [-0.3, -0.25) is 0 Å². The Labute approximate surface area is 135 Å². The quantitative estimate of drug-likeness (QED) is 0.747. The molecule has 0 fully saturated rings. The standard InChI is InChI=1S/C17H19N5O/c1-11-5-4-6-14(7-11)10-18-15-9-16(20-13(3)19-15)21-17-8-12(2)23-22-17/h4-9H,10H2,1-3H3,(H2,18,19,20,21,22). The number of anilines is 3. The van der Waals surface area contributed by atoms with E-state index in [9.17, 15) is 0 Å². The summed E-state index contributed by atoms with van der Waals surface area (Å²) in [5, 5.41) is 10.3. The number of nitrogens with zero attached hydrogens (tertiary/aromatic N) is 3. The van der Waals surface area contributed by atoms with Gasteiger partial charge in [0.15, 0.2) is 5.82 Å². The number of hydrogen-bond donors (Lipinski definition) is 2. The molecule has 0 bridgehead atoms. The van der Waals surface area contributed by atoms with E-state index in [1.54, 1.807) is 0 Å². The average molecular weight is 309 g/mol. The molecule has 2 heterocycles. The summed E-state index contributed by atoms with van der Waals surface area (Å²) in [6, 6.07) is 12.0. The van der Waals surface area contributed by atoms with Crippen LogP contribution in [0.15, 0.2) is 40.9 Å². The van der Waals surface area contributed by atoms with Crippen molar-refractivity contribution in [2.75, 3.05) is 10.6 Å². The molecule has 0 aliphatic carbocycles. The number of benzene rings is 1. The zero-order chi connectivity index (χ0) is 16.2. The molecule has 0 saturated heterocycles. The molecule has 0 radical (unpaired) electrons. The molecule has 0 atom stereocenters. The molecule has 0 saturated carbocycles. The third-order valence-corrected chi connectivity index (χ3v) is 3.28. The van der Waals surface area contributed by atoms with Gasteiger partial charge < -0.3 is 15.2 Å². The summed E-state index contributed by atoms with van der Waals surface area (Å²) in [7, 11) is 0. The molecule has 0 spiro atoms. The highest BCUT2D eigenvalue weighted by Crippen LogP contribution is 2.18. The molecule has 1 aromatic carbocycles. The normalized spacial score (nSPS) is 10.6. The van der Waals surface area contributed by atoms with Crippen LogP contribution in [0.2, 0.25) is 0 Å². The van der Waals surface area contributed by atoms with E-state index in [1.165, 1.54) is 11.1 Å². The van der Waals surface area contributed by atoms with Gasteiger partial charge in [-0.05, 0) is 26.3 Å². The van der Waals surface area contributed by atoms with E-state index in [4.69, 9.17) is 4.52 Å². The average Bonchev–Trinajstić information content (AvgIpc) is 2.90. The fourth-order valence-electron chi connectivity index (χ4n) is 2.29. The first-order valence-corrected chi connectivity index (χ1v) is 7.44. The predicted octanol–water partition coefficient (Wildman–Crippen LogP) is 3.75. The largest absolute Gasteiger partial charge is 0.366 e. The van der Waals surface area contributed by atoms with Crippen molar-refractivity contribution in [2.45, 2.75) is 27.3 Å². The third kappa shape index (κ3) is 4.06. The number of aryl methyl sites for hydroxylation is 3. The Morgan fingerprint density at radius 2 is 1.78 bits per heavy atom. The van der Waals surface area contributed by atoms with Crippen LogP contribution in [0.3, 0.4) is 0 Å². The molecular weight excluding hydrogens is 290 g/mol. The first kappa shape index (κ1) is 15.0. The van der Waals surface area contributed by atoms with E-state index in [0.29, 0.717) is 24.0 Å². The minimum Gasteiger partial charge on any atom is -0.366 e. The van der Waals surface area contributed by atoms with Crippen molar-refractivity contribution in [1.29, 1.82) is 0 Å². The lowest BCUT2D eigenvalue weighted by Crippen LogP contribution is -2.05. The van der Waals surface area contributed by atoms with Crippen LogP contribution < -0.4 is 10.6 Å². The van der Waals surface area contributed by atoms with E-state index in [1.807, 2.05) is 26.0 Å². The summed E-state index contributed by atoms with van der Waals surface area (Å²) in [6.07, 6.45) is 0. The zero-order valence-corrected chi connectivity index (χ0v) is 13.4. The number of nitrogens with one attached hydrogen (secondary N) is 2. The summed E-state index contributed by atoms with van der Waals surface area (Å²) in [5.41, 5.74) is 2.45. The summed E-state index contributed by atoms with van der Waals surface area (Å²) in [5.74, 6) is 3.50. The Balaban J connectivity index is 1.72. The molecule has 2 N–H and O–H groups in total. The highest BCUT2D eigenvalue weighted by atomic mass is 16.5. The van der Waals surface area contributed by atoms with E-state index < -0.39 is 0 Å². The van der Waals surface area contributed by atoms with Crippen LogP contribution in [0, 0.1) is 20.8 Å². The smallest absolute Gasteiger partial charge is 0.175 e. The second-order valence-corrected chi connectivity index (χ2v) is 5.48. The van der Waals surface area contributed by atoms with Crippen molar-refractivity contribution >= 4 is 17.5 Å². The predicted molar refractivity (Wildman–Crippen MR) is 89.8 cm³/mol. The second kappa shape index (κ2) is 6.48. The van der Waals surface area contributed by atoms with E-state index in [0.717, 1.165) is 11.6 Å². The SMILES string of the molecule is Cc1cccc(CNc2cc(Nc3cc(C)on3)nc(C)n2)c1. The van der Waals surface area contributed by atoms with Crippen LogP contribution >= 0.6 is 0 Å². The first-order chi connectivity index (χ1) is 11.1. The van der Waals surface area contributed by atoms with Gasteiger partial charge in [-0.15, -0.1) is 0 Å². The fourth-order valence-corrected chi connectivity index (χ4v) is 2.29. The second-order valence-electron chi connectivity index (χ2n) is 5.48. The molecule has 0 amide bonds. The van der Waals surface area contributed by atoms with Crippen molar-refractivity contribution in [3.05, 3.63) is 59.1 Å². The minimum atomic E-state index is 0.630. The number of hydrogen-bond acceptors (Lipinski definition) is 6. The number of aromatic nitrogens is 3. The third-order valence-electron chi connectivity index (χ3n) is 3.28. The Hall–Kier alpha value is -2.89. The highest BCUT2D eigenvalue weighted by molar-refractivity contribution is 5.56. The summed E-state index contributed by atoms with van der Waals surface area (Å²) in [4.78, 5) is 8.78. The van der Waals surface area contributed by atoms with Gasteiger partial charge >= 0.3 is 0 Å². The molecule has 6 nitrogen and oxygen atoms in total. The van der Waals surface area contributed by atoms with Crippen LogP contribution in [0.25, 0.3) is 0 Å². The molecule has 0 aliphatic heterocycles. The van der Waals surface area contributed by atoms with Gasteiger partial charge in [-0.25, -0.2) is 9.97 Å². The van der Waals surface area contributed by atoms with E-state index in [-0.39, 0.29) is 0 Å². The topological polar surface area (TPSA) is 75.9 Å². The van der Waals surface area contributed by atoms with Crippen molar-refractivity contribution in [2.24, 2.45) is 0 Å². The fraction of sp³-hybridized carbons (Fsp3) is 0.235. The van der Waals surface area contributed by atoms with Crippen molar-refractivity contribution in [3.63, 3.8) is 0 Å². The summed E-state index contributed by atoms with van der Waals surface area (Å²) >= 11 is 0. The molecule has 118 valence electrons. The summed E-state index contributed by atoms with van der Waals surface area (Å²) in [6.45, 7) is 6.50. The van der Waals surface area contributed by atoms with Gasteiger partial charge in [-0.1, -0.05) is 35.0 Å². The zero-order valence-electron chi connectivity index (χ0n) is 13.4. The molecule has 3 rings (SSSR count). The lowest BCUT2D eigenvalue weighted by Gasteiger charge is -2.09. The Bertz CT molecular complexity index is 812. The maximum atomic E-state index is 5.04. The molecule has 0 aliphatic rings. The van der Waals surface area contributed by atoms with Crippen LogP contribution in [-0.4, -0.2) is 15.1 Å². The van der Waals surface area contributed by atoms with Gasteiger partial charge in [0, 0.05) is 18.7 Å². The maximum Gasteiger partial charge on any atom is 0.175 e. The molecule has 3 aromatic rings. The summed E-state index contributed by atoms with van der Waals surface area (Å²) < 4.78 is 5.04. The Morgan fingerprint density at radius 3 is 2.52 bits per heavy atom. The Morgan fingerprint density at radius 1 is 0.957 bits per heavy atom. The van der Waals surface area contributed by atoms with Crippen molar-refractivity contribution in [1.82, 2.24) is 15.1 Å². The molecule has 23 heavy (non-hydrogen) atoms. The first-order valence-electron chi connectivity index (χ1n) is 7.44. The van der Waals surface area contributed by atoms with Gasteiger partial charge in [0.05, 0.1) is 0 Å². The lowest BCUT2D eigenvalue weighted by molar-refractivity contribution is 0.400. The van der Waals surface area contributed by atoms with Gasteiger partial charge in [0.2, 0.25) is 0 Å². The van der Waals surface area contributed by atoms with Gasteiger partial charge in [-0.2, -0.15) is 0 Å². The van der Waals surface area contributed by atoms with Gasteiger partial charge in [0.1, 0.15) is 23.2 Å². The lowest BCUT2D eigenvalue weighted by atomic mass is 10.1. The van der Waals surface area contributed by atoms with Crippen molar-refractivity contribution < 1.29 is 4.52 Å². The molecule has 6 heteroatoms. The van der Waals surface area contributed by atoms with Crippen LogP contribution in [0.5, 0.6) is 0 Å². The van der Waals surface area contributed by atoms with Gasteiger partial charge in [0.25, 0.3) is 0 Å². The molecule has 0 unspecified atom stereocenters. The molecule has 2 aromatic heterocycles. The minimum absolute atomic E-state index is 0.630. The van der Waals surface area contributed by atoms with Crippen molar-refractivity contribution in [3.8, 4) is 0 Å². The maximum absolute atomic E-state index is 5.04. The monoisotopic (exact) mass is 309 g/mol.